The van der Waals surface area contributed by atoms with Crippen LogP contribution in [0.4, 0.5) is 11.4 Å². The fourth-order valence-corrected chi connectivity index (χ4v) is 5.44. The lowest BCUT2D eigenvalue weighted by atomic mass is 9.95. The van der Waals surface area contributed by atoms with E-state index in [0.717, 1.165) is 28.8 Å². The summed E-state index contributed by atoms with van der Waals surface area (Å²) in [7, 11) is -3.55. The van der Waals surface area contributed by atoms with Gasteiger partial charge in [0, 0.05) is 31.4 Å². The van der Waals surface area contributed by atoms with Gasteiger partial charge in [-0.3, -0.25) is 9.59 Å². The minimum absolute atomic E-state index is 0.00757. The summed E-state index contributed by atoms with van der Waals surface area (Å²) in [5.41, 5.74) is 4.39. The Labute approximate surface area is 176 Å². The van der Waals surface area contributed by atoms with Crippen LogP contribution in [0.3, 0.4) is 0 Å². The number of rotatable bonds is 4. The van der Waals surface area contributed by atoms with Crippen molar-refractivity contribution in [3.8, 4) is 0 Å². The molecule has 2 aromatic rings. The van der Waals surface area contributed by atoms with E-state index in [1.165, 1.54) is 11.2 Å². The standard InChI is InChI=1S/C22H25N3O4S/c1-3-30(28,29)25-14-18-7-5-4-6-16(18)13-21(25)22(27)23-19-8-9-20-17(12-19)10-11-24(20)15(2)26/h4-9,12,21H,3,10-11,13-14H2,1-2H3,(H,23,27)/t21-/m0/s1. The van der Waals surface area contributed by atoms with Crippen LogP contribution < -0.4 is 10.2 Å². The Bertz CT molecular complexity index is 1110. The van der Waals surface area contributed by atoms with Crippen molar-refractivity contribution < 1.29 is 18.0 Å². The van der Waals surface area contributed by atoms with Crippen molar-refractivity contribution in [2.24, 2.45) is 0 Å². The van der Waals surface area contributed by atoms with Crippen molar-refractivity contribution in [3.05, 3.63) is 59.2 Å². The second-order valence-corrected chi connectivity index (χ2v) is 9.90. The number of carbonyl (C=O) groups excluding carboxylic acids is 2. The molecule has 7 nitrogen and oxygen atoms in total. The van der Waals surface area contributed by atoms with Gasteiger partial charge in [-0.05, 0) is 54.7 Å². The topological polar surface area (TPSA) is 86.8 Å². The number of carbonyl (C=O) groups is 2. The first kappa shape index (κ1) is 20.6. The molecule has 4 rings (SSSR count). The average molecular weight is 428 g/mol. The van der Waals surface area contributed by atoms with E-state index < -0.39 is 16.1 Å². The fourth-order valence-electron chi connectivity index (χ4n) is 4.21. The van der Waals surface area contributed by atoms with Crippen LogP contribution in [0.25, 0.3) is 0 Å². The van der Waals surface area contributed by atoms with Crippen LogP contribution in [0.2, 0.25) is 0 Å². The van der Waals surface area contributed by atoms with E-state index in [0.29, 0.717) is 18.7 Å². The van der Waals surface area contributed by atoms with E-state index in [1.807, 2.05) is 36.4 Å². The summed E-state index contributed by atoms with van der Waals surface area (Å²) < 4.78 is 26.7. The molecule has 30 heavy (non-hydrogen) atoms. The molecule has 0 spiro atoms. The number of nitrogens with zero attached hydrogens (tertiary/aromatic N) is 2. The maximum absolute atomic E-state index is 13.1. The van der Waals surface area contributed by atoms with Crippen molar-refractivity contribution in [1.29, 1.82) is 0 Å². The number of fused-ring (bicyclic) bond motifs is 2. The number of sulfonamides is 1. The van der Waals surface area contributed by atoms with E-state index >= 15 is 0 Å². The van der Waals surface area contributed by atoms with Crippen molar-refractivity contribution in [3.63, 3.8) is 0 Å². The maximum atomic E-state index is 13.1. The first-order valence-corrected chi connectivity index (χ1v) is 11.7. The minimum atomic E-state index is -3.55. The Morgan fingerprint density at radius 2 is 1.83 bits per heavy atom. The van der Waals surface area contributed by atoms with Gasteiger partial charge >= 0.3 is 0 Å². The van der Waals surface area contributed by atoms with E-state index in [2.05, 4.69) is 5.32 Å². The molecule has 158 valence electrons. The van der Waals surface area contributed by atoms with Crippen molar-refractivity contribution in [1.82, 2.24) is 4.31 Å². The number of anilines is 2. The molecule has 2 heterocycles. The monoisotopic (exact) mass is 427 g/mol. The number of hydrogen-bond donors (Lipinski definition) is 1. The normalized spacial score (nSPS) is 18.6. The van der Waals surface area contributed by atoms with Gasteiger partial charge in [-0.1, -0.05) is 24.3 Å². The second-order valence-electron chi connectivity index (χ2n) is 7.69. The third kappa shape index (κ3) is 3.73. The van der Waals surface area contributed by atoms with Gasteiger partial charge in [0.1, 0.15) is 6.04 Å². The minimum Gasteiger partial charge on any atom is -0.325 e. The molecule has 0 saturated carbocycles. The maximum Gasteiger partial charge on any atom is 0.243 e. The smallest absolute Gasteiger partial charge is 0.243 e. The average Bonchev–Trinajstić information content (AvgIpc) is 3.16. The molecular weight excluding hydrogens is 402 g/mol. The Balaban J connectivity index is 1.59. The summed E-state index contributed by atoms with van der Waals surface area (Å²) in [6, 6.07) is 12.3. The van der Waals surface area contributed by atoms with Gasteiger partial charge in [-0.25, -0.2) is 8.42 Å². The van der Waals surface area contributed by atoms with Crippen LogP contribution in [0.5, 0.6) is 0 Å². The molecule has 0 radical (unpaired) electrons. The Morgan fingerprint density at radius 1 is 1.10 bits per heavy atom. The lowest BCUT2D eigenvalue weighted by Gasteiger charge is -2.34. The summed E-state index contributed by atoms with van der Waals surface area (Å²) in [6.45, 7) is 3.95. The summed E-state index contributed by atoms with van der Waals surface area (Å²) in [5.74, 6) is -0.409. The molecule has 2 aliphatic rings. The molecule has 1 N–H and O–H groups in total. The van der Waals surface area contributed by atoms with Crippen molar-refractivity contribution in [2.75, 3.05) is 22.5 Å². The van der Waals surface area contributed by atoms with Gasteiger partial charge in [-0.15, -0.1) is 0 Å². The largest absolute Gasteiger partial charge is 0.325 e. The van der Waals surface area contributed by atoms with Crippen LogP contribution in [0.1, 0.15) is 30.5 Å². The van der Waals surface area contributed by atoms with E-state index in [4.69, 9.17) is 0 Å². The van der Waals surface area contributed by atoms with E-state index in [1.54, 1.807) is 17.9 Å². The molecule has 2 aromatic carbocycles. The number of amides is 2. The fraction of sp³-hybridized carbons (Fsp3) is 0.364. The highest BCUT2D eigenvalue weighted by Gasteiger charge is 2.38. The zero-order valence-electron chi connectivity index (χ0n) is 17.1. The SMILES string of the molecule is CCS(=O)(=O)N1Cc2ccccc2C[C@H]1C(=O)Nc1ccc2c(c1)CCN2C(C)=O. The van der Waals surface area contributed by atoms with Crippen LogP contribution in [-0.2, 0) is 39.0 Å². The lowest BCUT2D eigenvalue weighted by molar-refractivity contribution is -0.120. The first-order chi connectivity index (χ1) is 14.3. The van der Waals surface area contributed by atoms with Gasteiger partial charge in [0.15, 0.2) is 0 Å². The van der Waals surface area contributed by atoms with Gasteiger partial charge in [0.2, 0.25) is 21.8 Å². The third-order valence-electron chi connectivity index (χ3n) is 5.85. The molecule has 0 fully saturated rings. The molecule has 2 aliphatic heterocycles. The molecule has 0 saturated heterocycles. The zero-order valence-corrected chi connectivity index (χ0v) is 17.9. The van der Waals surface area contributed by atoms with Gasteiger partial charge in [0.05, 0.1) is 5.75 Å². The van der Waals surface area contributed by atoms with Gasteiger partial charge in [0.25, 0.3) is 0 Å². The van der Waals surface area contributed by atoms with E-state index in [9.17, 15) is 18.0 Å². The Kier molecular flexibility index (Phi) is 5.38. The van der Waals surface area contributed by atoms with Crippen LogP contribution >= 0.6 is 0 Å². The molecular formula is C22H25N3O4S. The van der Waals surface area contributed by atoms with Crippen LogP contribution in [-0.4, -0.2) is 42.9 Å². The summed E-state index contributed by atoms with van der Waals surface area (Å²) >= 11 is 0. The number of hydrogen-bond acceptors (Lipinski definition) is 4. The highest BCUT2D eigenvalue weighted by Crippen LogP contribution is 2.31. The number of nitrogens with one attached hydrogen (secondary N) is 1. The van der Waals surface area contributed by atoms with Gasteiger partial charge in [-0.2, -0.15) is 4.31 Å². The Morgan fingerprint density at radius 3 is 2.53 bits per heavy atom. The van der Waals surface area contributed by atoms with Gasteiger partial charge < -0.3 is 10.2 Å². The predicted octanol–water partition coefficient (Wildman–Crippen LogP) is 2.31. The van der Waals surface area contributed by atoms with Crippen molar-refractivity contribution in [2.45, 2.75) is 39.3 Å². The lowest BCUT2D eigenvalue weighted by Crippen LogP contribution is -2.51. The molecule has 1 atom stereocenters. The predicted molar refractivity (Wildman–Crippen MR) is 116 cm³/mol. The highest BCUT2D eigenvalue weighted by atomic mass is 32.2. The van der Waals surface area contributed by atoms with E-state index in [-0.39, 0.29) is 24.1 Å². The molecule has 0 aliphatic carbocycles. The third-order valence-corrected chi connectivity index (χ3v) is 7.68. The molecule has 0 unspecified atom stereocenters. The summed E-state index contributed by atoms with van der Waals surface area (Å²) in [4.78, 5) is 26.6. The summed E-state index contributed by atoms with van der Waals surface area (Å²) in [5, 5.41) is 2.89. The van der Waals surface area contributed by atoms with Crippen LogP contribution in [0.15, 0.2) is 42.5 Å². The first-order valence-electron chi connectivity index (χ1n) is 10.1. The molecule has 8 heteroatoms. The Hall–Kier alpha value is -2.71. The zero-order chi connectivity index (χ0) is 21.5. The number of benzene rings is 2. The molecule has 0 bridgehead atoms. The van der Waals surface area contributed by atoms with Crippen molar-refractivity contribution >= 4 is 33.2 Å². The highest BCUT2D eigenvalue weighted by molar-refractivity contribution is 7.89. The quantitative estimate of drug-likeness (QED) is 0.811. The van der Waals surface area contributed by atoms with Crippen LogP contribution in [0, 0.1) is 0 Å². The molecule has 2 amide bonds. The summed E-state index contributed by atoms with van der Waals surface area (Å²) in [6.07, 6.45) is 1.07. The molecule has 0 aromatic heterocycles. The second kappa shape index (κ2) is 7.85.